The summed E-state index contributed by atoms with van der Waals surface area (Å²) >= 11 is 13.9. The number of hydrogen-bond acceptors (Lipinski definition) is 7. The maximum atomic E-state index is 13.1. The van der Waals surface area contributed by atoms with Gasteiger partial charge in [0.05, 0.1) is 28.5 Å². The van der Waals surface area contributed by atoms with Gasteiger partial charge in [-0.25, -0.2) is 9.78 Å². The van der Waals surface area contributed by atoms with Crippen LogP contribution in [-0.2, 0) is 25.3 Å². The Kier molecular flexibility index (Phi) is 7.97. The van der Waals surface area contributed by atoms with Gasteiger partial charge in [0.2, 0.25) is 11.8 Å². The maximum absolute atomic E-state index is 13.1. The maximum Gasteiger partial charge on any atom is 0.330 e. The van der Waals surface area contributed by atoms with Crippen LogP contribution in [0.25, 0.3) is 22.4 Å². The van der Waals surface area contributed by atoms with Gasteiger partial charge in [0.25, 0.3) is 11.5 Å². The van der Waals surface area contributed by atoms with E-state index in [2.05, 4.69) is 16.3 Å². The van der Waals surface area contributed by atoms with Crippen molar-refractivity contribution in [1.82, 2.24) is 23.9 Å². The van der Waals surface area contributed by atoms with Gasteiger partial charge in [0.15, 0.2) is 0 Å². The fraction of sp³-hybridized carbons (Fsp3) is 0.343. The van der Waals surface area contributed by atoms with Gasteiger partial charge in [-0.1, -0.05) is 53.5 Å². The van der Waals surface area contributed by atoms with Crippen LogP contribution in [0.4, 0.5) is 5.69 Å². The number of likely N-dealkylation sites (tertiary alicyclic amines) is 2. The Morgan fingerprint density at radius 3 is 2.33 bits per heavy atom. The quantitative estimate of drug-likeness (QED) is 0.316. The van der Waals surface area contributed by atoms with Crippen molar-refractivity contribution in [2.75, 3.05) is 38.6 Å². The Labute approximate surface area is 286 Å². The number of nitrogens with one attached hydrogen (secondary N) is 1. The molecule has 2 aromatic carbocycles. The summed E-state index contributed by atoms with van der Waals surface area (Å²) in [7, 11) is 4.42. The van der Waals surface area contributed by atoms with Gasteiger partial charge in [0, 0.05) is 87.1 Å². The molecule has 2 aromatic heterocycles. The van der Waals surface area contributed by atoms with Gasteiger partial charge in [0.1, 0.15) is 5.56 Å². The van der Waals surface area contributed by atoms with Crippen LogP contribution in [0.1, 0.15) is 40.9 Å². The summed E-state index contributed by atoms with van der Waals surface area (Å²) in [5.41, 5.74) is 3.94. The highest BCUT2D eigenvalue weighted by molar-refractivity contribution is 6.39. The van der Waals surface area contributed by atoms with Gasteiger partial charge in [-0.2, -0.15) is 0 Å². The summed E-state index contributed by atoms with van der Waals surface area (Å²) in [6, 6.07) is 13.1. The molecule has 11 nitrogen and oxygen atoms in total. The Morgan fingerprint density at radius 2 is 1.65 bits per heavy atom. The number of fused-ring (bicyclic) bond motifs is 1. The van der Waals surface area contributed by atoms with Crippen molar-refractivity contribution in [3.8, 4) is 28.3 Å². The second-order valence-electron chi connectivity index (χ2n) is 13.0. The minimum Gasteiger partial charge on any atom is -0.481 e. The zero-order chi connectivity index (χ0) is 34.1. The number of amides is 2. The molecule has 48 heavy (non-hydrogen) atoms. The molecule has 0 radical (unpaired) electrons. The lowest BCUT2D eigenvalue weighted by molar-refractivity contribution is -0.161. The Balaban J connectivity index is 1.16. The molecular formula is C35H34Cl2N6O5. The van der Waals surface area contributed by atoms with E-state index in [0.29, 0.717) is 33.3 Å². The normalized spacial score (nSPS) is 17.9. The van der Waals surface area contributed by atoms with Crippen molar-refractivity contribution in [2.24, 2.45) is 19.5 Å². The monoisotopic (exact) mass is 688 g/mol. The number of benzene rings is 2. The standard InChI is InChI=1S/C35H34Cl2N6O5/c1-19(44)42-15-35(16-42)17-43(18-35)27-12-11-20-13-26(39-32(48-4)28(20)27)23-9-5-7-21(29(23)36)22-8-6-10-25(30(22)37)38-31(45)24-14-40(2)34(47)41(3)33(24)46/h5-10,13-14,27H,11-12,15-18H2,1-4H3,(H,38,45). The van der Waals surface area contributed by atoms with Gasteiger partial charge >= 0.3 is 5.69 Å². The Bertz CT molecular complexity index is 2130. The van der Waals surface area contributed by atoms with Crippen LogP contribution in [0.2, 0.25) is 10.0 Å². The van der Waals surface area contributed by atoms with Crippen molar-refractivity contribution >= 4 is 40.7 Å². The van der Waals surface area contributed by atoms with E-state index in [1.807, 2.05) is 23.1 Å². The molecule has 0 saturated carbocycles. The molecule has 1 spiro atoms. The number of carbonyl (C=O) groups is 2. The zero-order valence-corrected chi connectivity index (χ0v) is 28.5. The average Bonchev–Trinajstić information content (AvgIpc) is 3.45. The third-order valence-electron chi connectivity index (χ3n) is 9.84. The number of aromatic nitrogens is 3. The molecule has 2 aliphatic heterocycles. The van der Waals surface area contributed by atoms with Gasteiger partial charge in [-0.15, -0.1) is 0 Å². The molecule has 3 aliphatic rings. The van der Waals surface area contributed by atoms with Crippen molar-refractivity contribution < 1.29 is 14.3 Å². The van der Waals surface area contributed by atoms with E-state index in [1.54, 1.807) is 32.2 Å². The van der Waals surface area contributed by atoms with Crippen LogP contribution in [0.15, 0.2) is 58.3 Å². The number of anilines is 1. The second kappa shape index (κ2) is 11.9. The minimum absolute atomic E-state index is 0.138. The first-order chi connectivity index (χ1) is 22.9. The van der Waals surface area contributed by atoms with E-state index in [1.165, 1.54) is 30.4 Å². The van der Waals surface area contributed by atoms with Gasteiger partial charge in [-0.3, -0.25) is 23.9 Å². The highest BCUT2D eigenvalue weighted by atomic mass is 35.5. The summed E-state index contributed by atoms with van der Waals surface area (Å²) in [6.45, 7) is 5.21. The molecule has 1 aliphatic carbocycles. The van der Waals surface area contributed by atoms with Crippen LogP contribution in [0, 0.1) is 5.41 Å². The Hall–Kier alpha value is -4.45. The number of pyridine rings is 1. The lowest BCUT2D eigenvalue weighted by Gasteiger charge is -2.61. The van der Waals surface area contributed by atoms with E-state index < -0.39 is 17.2 Å². The number of rotatable bonds is 6. The molecule has 248 valence electrons. The predicted octanol–water partition coefficient (Wildman–Crippen LogP) is 4.53. The lowest BCUT2D eigenvalue weighted by Crippen LogP contribution is -2.72. The summed E-state index contributed by atoms with van der Waals surface area (Å²) in [5.74, 6) is 0.0232. The number of aryl methyl sites for hydroxylation is 2. The van der Waals surface area contributed by atoms with Gasteiger partial charge < -0.3 is 19.5 Å². The molecule has 1 atom stereocenters. The van der Waals surface area contributed by atoms with Crippen molar-refractivity contribution in [3.05, 3.63) is 96.2 Å². The van der Waals surface area contributed by atoms with E-state index >= 15 is 0 Å². The first kappa shape index (κ1) is 32.1. The SMILES string of the molecule is COc1nc(-c2cccc(-c3cccc(NC(=O)c4cn(C)c(=O)n(C)c4=O)c3Cl)c2Cl)cc2c1C(N1CC3(CN(C(C)=O)C3)C1)CC2. The highest BCUT2D eigenvalue weighted by Gasteiger charge is 2.55. The fourth-order valence-corrected chi connectivity index (χ4v) is 7.99. The Morgan fingerprint density at radius 1 is 0.979 bits per heavy atom. The molecule has 13 heteroatoms. The first-order valence-corrected chi connectivity index (χ1v) is 16.4. The number of hydrogen-bond donors (Lipinski definition) is 1. The van der Waals surface area contributed by atoms with Gasteiger partial charge in [-0.05, 0) is 30.5 Å². The molecule has 7 rings (SSSR count). The van der Waals surface area contributed by atoms with E-state index in [0.717, 1.165) is 49.2 Å². The van der Waals surface area contributed by atoms with Crippen molar-refractivity contribution in [2.45, 2.75) is 25.8 Å². The fourth-order valence-electron chi connectivity index (χ4n) is 7.39. The zero-order valence-electron chi connectivity index (χ0n) is 27.0. The van der Waals surface area contributed by atoms with E-state index in [4.69, 9.17) is 32.9 Å². The van der Waals surface area contributed by atoms with Crippen LogP contribution >= 0.6 is 23.2 Å². The topological polar surface area (TPSA) is 119 Å². The van der Waals surface area contributed by atoms with E-state index in [9.17, 15) is 19.2 Å². The van der Waals surface area contributed by atoms with Crippen molar-refractivity contribution in [1.29, 1.82) is 0 Å². The molecule has 4 heterocycles. The van der Waals surface area contributed by atoms with Crippen LogP contribution in [0.3, 0.4) is 0 Å². The largest absolute Gasteiger partial charge is 0.481 e. The minimum atomic E-state index is -0.713. The number of ether oxygens (including phenoxy) is 1. The molecule has 2 amide bonds. The number of carbonyl (C=O) groups excluding carboxylic acids is 2. The van der Waals surface area contributed by atoms with Crippen molar-refractivity contribution in [3.63, 3.8) is 0 Å². The predicted molar refractivity (Wildman–Crippen MR) is 184 cm³/mol. The number of methoxy groups -OCH3 is 1. The van der Waals surface area contributed by atoms with Crippen LogP contribution in [-0.4, -0.2) is 69.0 Å². The molecule has 4 aromatic rings. The molecule has 2 saturated heterocycles. The molecule has 0 bridgehead atoms. The van der Waals surface area contributed by atoms with E-state index in [-0.39, 0.29) is 33.6 Å². The molecular weight excluding hydrogens is 655 g/mol. The summed E-state index contributed by atoms with van der Waals surface area (Å²) in [4.78, 5) is 58.9. The highest BCUT2D eigenvalue weighted by Crippen LogP contribution is 2.50. The van der Waals surface area contributed by atoms with Crippen LogP contribution < -0.4 is 21.3 Å². The summed E-state index contributed by atoms with van der Waals surface area (Å²) in [5, 5.41) is 3.38. The number of halogens is 2. The first-order valence-electron chi connectivity index (χ1n) is 15.6. The van der Waals surface area contributed by atoms with Crippen LogP contribution in [0.5, 0.6) is 5.88 Å². The molecule has 1 unspecified atom stereocenters. The lowest BCUT2D eigenvalue weighted by atomic mass is 9.72. The molecule has 1 N–H and O–H groups in total. The third-order valence-corrected chi connectivity index (χ3v) is 10.7. The number of nitrogens with zero attached hydrogens (tertiary/aromatic N) is 5. The smallest absolute Gasteiger partial charge is 0.330 e. The second-order valence-corrected chi connectivity index (χ2v) is 13.8. The average molecular weight is 690 g/mol. The third kappa shape index (κ3) is 5.21. The summed E-state index contributed by atoms with van der Waals surface area (Å²) in [6.07, 6.45) is 3.06. The molecule has 2 fully saturated rings. The summed E-state index contributed by atoms with van der Waals surface area (Å²) < 4.78 is 7.91.